The van der Waals surface area contributed by atoms with E-state index in [-0.39, 0.29) is 16.9 Å². The Morgan fingerprint density at radius 2 is 2.03 bits per heavy atom. The highest BCUT2D eigenvalue weighted by Crippen LogP contribution is 2.44. The molecule has 0 saturated carbocycles. The Morgan fingerprint density at radius 3 is 2.65 bits per heavy atom. The third-order valence-electron chi connectivity index (χ3n) is 5.08. The number of aryl methyl sites for hydroxylation is 2. The molecule has 1 saturated heterocycles. The molecule has 3 heterocycles. The molecule has 2 aromatic heterocycles. The van der Waals surface area contributed by atoms with Crippen LogP contribution in [0, 0.1) is 13.8 Å². The Bertz CT molecular complexity index is 1200. The van der Waals surface area contributed by atoms with E-state index in [9.17, 15) is 14.7 Å². The fraction of sp³-hybridized carbons (Fsp3) is 0.182. The number of carbonyl (C=O) groups is 2. The van der Waals surface area contributed by atoms with Crippen molar-refractivity contribution < 1.29 is 19.4 Å². The number of aliphatic hydroxyl groups excluding tert-OH is 1. The van der Waals surface area contributed by atoms with Crippen molar-refractivity contribution in [1.29, 1.82) is 0 Å². The summed E-state index contributed by atoms with van der Waals surface area (Å²) >= 11 is 7.42. The van der Waals surface area contributed by atoms with Gasteiger partial charge in [0, 0.05) is 22.3 Å². The topological polar surface area (TPSA) is 92.6 Å². The molecule has 4 rings (SSSR count). The number of amides is 1. The smallest absolute Gasteiger partial charge is 0.301 e. The molecule has 1 amide bonds. The lowest BCUT2D eigenvalue weighted by atomic mass is 9.96. The molecule has 7 nitrogen and oxygen atoms in total. The molecule has 0 bridgehead atoms. The van der Waals surface area contributed by atoms with Crippen LogP contribution in [0.3, 0.4) is 0 Å². The van der Waals surface area contributed by atoms with Crippen LogP contribution in [-0.4, -0.2) is 33.9 Å². The van der Waals surface area contributed by atoms with Gasteiger partial charge in [-0.1, -0.05) is 17.7 Å². The highest BCUT2D eigenvalue weighted by molar-refractivity contribution is 7.16. The van der Waals surface area contributed by atoms with E-state index in [1.165, 1.54) is 29.4 Å². The molecular weight excluding hydrogens is 438 g/mol. The first-order valence-electron chi connectivity index (χ1n) is 9.32. The first kappa shape index (κ1) is 21.0. The molecule has 0 radical (unpaired) electrons. The standard InChI is InChI=1S/C22H18ClN3O4S/c1-11-12(2)31-22(25-11)26-18(13-5-4-8-24-10-13)17(20(28)21(26)29)19(27)15-9-14(23)6-7-16(15)30-3/h4-10,18,27H,1-3H3/t18-/m1/s1. The number of anilines is 1. The van der Waals surface area contributed by atoms with Gasteiger partial charge in [0.05, 0.1) is 30.0 Å². The zero-order valence-corrected chi connectivity index (χ0v) is 18.5. The number of ketones is 1. The Labute approximate surface area is 187 Å². The van der Waals surface area contributed by atoms with Crippen LogP contribution in [0.15, 0.2) is 48.3 Å². The summed E-state index contributed by atoms with van der Waals surface area (Å²) in [4.78, 5) is 37.1. The average Bonchev–Trinajstić information content (AvgIpc) is 3.23. The maximum atomic E-state index is 13.1. The van der Waals surface area contributed by atoms with Gasteiger partial charge in [-0.05, 0) is 43.7 Å². The first-order chi connectivity index (χ1) is 14.8. The van der Waals surface area contributed by atoms with Gasteiger partial charge in [0.25, 0.3) is 5.78 Å². The zero-order chi connectivity index (χ0) is 22.3. The van der Waals surface area contributed by atoms with E-state index in [1.54, 1.807) is 36.7 Å². The number of carbonyl (C=O) groups excluding carboxylic acids is 2. The first-order valence-corrected chi connectivity index (χ1v) is 10.5. The number of pyridine rings is 1. The van der Waals surface area contributed by atoms with Gasteiger partial charge in [0.15, 0.2) is 5.13 Å². The van der Waals surface area contributed by atoms with E-state index in [0.717, 1.165) is 10.6 Å². The van der Waals surface area contributed by atoms with Crippen LogP contribution in [0.4, 0.5) is 5.13 Å². The summed E-state index contributed by atoms with van der Waals surface area (Å²) in [5.74, 6) is -1.65. The fourth-order valence-corrected chi connectivity index (χ4v) is 4.56. The molecule has 1 aromatic carbocycles. The van der Waals surface area contributed by atoms with Gasteiger partial charge in [0.1, 0.15) is 11.5 Å². The number of halogens is 1. The van der Waals surface area contributed by atoms with Gasteiger partial charge in [0.2, 0.25) is 0 Å². The number of aromatic nitrogens is 2. The number of rotatable bonds is 4. The monoisotopic (exact) mass is 455 g/mol. The quantitative estimate of drug-likeness (QED) is 0.355. The molecule has 9 heteroatoms. The number of methoxy groups -OCH3 is 1. The molecule has 158 valence electrons. The van der Waals surface area contributed by atoms with Crippen LogP contribution in [-0.2, 0) is 9.59 Å². The maximum Gasteiger partial charge on any atom is 0.301 e. The summed E-state index contributed by atoms with van der Waals surface area (Å²) in [6, 6.07) is 7.22. The number of benzene rings is 1. The summed E-state index contributed by atoms with van der Waals surface area (Å²) in [6.07, 6.45) is 3.15. The highest BCUT2D eigenvalue weighted by Gasteiger charge is 2.48. The van der Waals surface area contributed by atoms with Crippen LogP contribution in [0.1, 0.15) is 27.7 Å². The number of aliphatic hydroxyl groups is 1. The van der Waals surface area contributed by atoms with Gasteiger partial charge in [-0.3, -0.25) is 19.5 Å². The Hall–Kier alpha value is -3.23. The summed E-state index contributed by atoms with van der Waals surface area (Å²) in [6.45, 7) is 3.73. The molecule has 31 heavy (non-hydrogen) atoms. The van der Waals surface area contributed by atoms with Crippen LogP contribution >= 0.6 is 22.9 Å². The van der Waals surface area contributed by atoms with Crippen LogP contribution in [0.25, 0.3) is 5.76 Å². The van der Waals surface area contributed by atoms with Gasteiger partial charge < -0.3 is 9.84 Å². The van der Waals surface area contributed by atoms with Gasteiger partial charge >= 0.3 is 5.91 Å². The van der Waals surface area contributed by atoms with Crippen molar-refractivity contribution in [2.45, 2.75) is 19.9 Å². The largest absolute Gasteiger partial charge is 0.507 e. The van der Waals surface area contributed by atoms with Crippen molar-refractivity contribution >= 4 is 45.5 Å². The van der Waals surface area contributed by atoms with E-state index in [1.807, 2.05) is 13.8 Å². The summed E-state index contributed by atoms with van der Waals surface area (Å²) < 4.78 is 5.33. The second-order valence-electron chi connectivity index (χ2n) is 6.94. The van der Waals surface area contributed by atoms with Crippen molar-refractivity contribution in [2.75, 3.05) is 12.0 Å². The predicted octanol–water partition coefficient (Wildman–Crippen LogP) is 4.44. The lowest BCUT2D eigenvalue weighted by Gasteiger charge is -2.22. The van der Waals surface area contributed by atoms with E-state index in [0.29, 0.717) is 21.5 Å². The molecule has 1 N–H and O–H groups in total. The minimum Gasteiger partial charge on any atom is -0.507 e. The van der Waals surface area contributed by atoms with Crippen LogP contribution < -0.4 is 9.64 Å². The van der Waals surface area contributed by atoms with Gasteiger partial charge in [-0.2, -0.15) is 0 Å². The van der Waals surface area contributed by atoms with E-state index in [4.69, 9.17) is 16.3 Å². The van der Waals surface area contributed by atoms with Crippen molar-refractivity contribution in [3.05, 3.63) is 75.0 Å². The third-order valence-corrected chi connectivity index (χ3v) is 6.39. The average molecular weight is 456 g/mol. The zero-order valence-electron chi connectivity index (χ0n) is 16.9. The van der Waals surface area contributed by atoms with E-state index >= 15 is 0 Å². The van der Waals surface area contributed by atoms with Crippen molar-refractivity contribution in [2.24, 2.45) is 0 Å². The minimum atomic E-state index is -0.901. The molecule has 1 aliphatic heterocycles. The van der Waals surface area contributed by atoms with E-state index in [2.05, 4.69) is 9.97 Å². The van der Waals surface area contributed by atoms with Crippen molar-refractivity contribution in [3.63, 3.8) is 0 Å². The molecule has 1 atom stereocenters. The highest BCUT2D eigenvalue weighted by atomic mass is 35.5. The van der Waals surface area contributed by atoms with Gasteiger partial charge in [-0.25, -0.2) is 4.98 Å². The van der Waals surface area contributed by atoms with Crippen LogP contribution in [0.2, 0.25) is 5.02 Å². The molecule has 1 fully saturated rings. The minimum absolute atomic E-state index is 0.0796. The summed E-state index contributed by atoms with van der Waals surface area (Å²) in [7, 11) is 1.44. The van der Waals surface area contributed by atoms with Gasteiger partial charge in [-0.15, -0.1) is 11.3 Å². The number of Topliss-reactive ketones (excluding diaryl/α,β-unsaturated/α-hetero) is 1. The fourth-order valence-electron chi connectivity index (χ4n) is 3.45. The number of thiazole rings is 1. The third kappa shape index (κ3) is 3.58. The summed E-state index contributed by atoms with van der Waals surface area (Å²) in [5, 5.41) is 11.9. The lowest BCUT2D eigenvalue weighted by molar-refractivity contribution is -0.132. The Morgan fingerprint density at radius 1 is 1.26 bits per heavy atom. The maximum absolute atomic E-state index is 13.1. The van der Waals surface area contributed by atoms with Crippen molar-refractivity contribution in [1.82, 2.24) is 9.97 Å². The van der Waals surface area contributed by atoms with Crippen molar-refractivity contribution in [3.8, 4) is 5.75 Å². The molecular formula is C22H18ClN3O4S. The Kier molecular flexibility index (Phi) is 5.51. The second kappa shape index (κ2) is 8.13. The number of hydrogen-bond donors (Lipinski definition) is 1. The molecule has 0 unspecified atom stereocenters. The Balaban J connectivity index is 1.98. The number of hydrogen-bond acceptors (Lipinski definition) is 7. The molecule has 0 spiro atoms. The van der Waals surface area contributed by atoms with E-state index < -0.39 is 17.7 Å². The number of nitrogens with zero attached hydrogens (tertiary/aromatic N) is 3. The summed E-state index contributed by atoms with van der Waals surface area (Å²) in [5.41, 5.74) is 1.47. The SMILES string of the molecule is COc1ccc(Cl)cc1C(O)=C1C(=O)C(=O)N(c2nc(C)c(C)s2)[C@@H]1c1cccnc1. The van der Waals surface area contributed by atoms with Crippen LogP contribution in [0.5, 0.6) is 5.75 Å². The molecule has 3 aromatic rings. The molecule has 1 aliphatic rings. The molecule has 0 aliphatic carbocycles. The number of ether oxygens (including phenoxy) is 1. The lowest BCUT2D eigenvalue weighted by Crippen LogP contribution is -2.29. The second-order valence-corrected chi connectivity index (χ2v) is 8.56. The predicted molar refractivity (Wildman–Crippen MR) is 119 cm³/mol. The normalized spacial score (nSPS) is 17.9.